The van der Waals surface area contributed by atoms with Gasteiger partial charge in [-0.15, -0.1) is 0 Å². The molecule has 0 radical (unpaired) electrons. The first kappa shape index (κ1) is 13.6. The number of nitrogens with two attached hydrogens (primary N) is 1. The SMILES string of the molecule is CC(N)C(c1ccsc1)N1CCC[C@H]2CCCC[C@H]21. The number of fused-ring (bicyclic) bond motifs is 1. The van der Waals surface area contributed by atoms with Gasteiger partial charge in [-0.3, -0.25) is 4.90 Å². The zero-order valence-corrected chi connectivity index (χ0v) is 12.7. The van der Waals surface area contributed by atoms with Crippen molar-refractivity contribution < 1.29 is 0 Å². The van der Waals surface area contributed by atoms with Gasteiger partial charge >= 0.3 is 0 Å². The van der Waals surface area contributed by atoms with Crippen molar-refractivity contribution in [2.45, 2.75) is 63.6 Å². The summed E-state index contributed by atoms with van der Waals surface area (Å²) in [5, 5.41) is 4.48. The maximum atomic E-state index is 6.34. The van der Waals surface area contributed by atoms with Crippen LogP contribution in [0.2, 0.25) is 0 Å². The highest BCUT2D eigenvalue weighted by Gasteiger charge is 2.38. The molecule has 2 unspecified atom stereocenters. The standard InChI is InChI=1S/C16H26N2S/c1-12(17)16(14-8-10-19-11-14)18-9-4-6-13-5-2-3-7-15(13)18/h8,10-13,15-16H,2-7,9,17H2,1H3/t12?,13-,15-,16?/m1/s1. The maximum Gasteiger partial charge on any atom is 0.0507 e. The topological polar surface area (TPSA) is 29.3 Å². The van der Waals surface area contributed by atoms with E-state index in [0.29, 0.717) is 6.04 Å². The zero-order chi connectivity index (χ0) is 13.2. The summed E-state index contributed by atoms with van der Waals surface area (Å²) in [6.07, 6.45) is 8.47. The number of hydrogen-bond acceptors (Lipinski definition) is 3. The van der Waals surface area contributed by atoms with Crippen LogP contribution in [-0.4, -0.2) is 23.5 Å². The van der Waals surface area contributed by atoms with Gasteiger partial charge in [0.15, 0.2) is 0 Å². The average molecular weight is 278 g/mol. The zero-order valence-electron chi connectivity index (χ0n) is 11.9. The molecule has 4 atom stereocenters. The molecule has 2 heterocycles. The molecular weight excluding hydrogens is 252 g/mol. The molecule has 2 fully saturated rings. The molecule has 1 aromatic rings. The van der Waals surface area contributed by atoms with Gasteiger partial charge in [0.25, 0.3) is 0 Å². The van der Waals surface area contributed by atoms with Crippen LogP contribution in [-0.2, 0) is 0 Å². The molecule has 1 saturated carbocycles. The van der Waals surface area contributed by atoms with Crippen molar-refractivity contribution in [3.63, 3.8) is 0 Å². The molecule has 0 bridgehead atoms. The number of thiophene rings is 1. The third kappa shape index (κ3) is 2.74. The van der Waals surface area contributed by atoms with Crippen LogP contribution in [0.3, 0.4) is 0 Å². The summed E-state index contributed by atoms with van der Waals surface area (Å²) < 4.78 is 0. The average Bonchev–Trinajstić information content (AvgIpc) is 2.93. The Kier molecular flexibility index (Phi) is 4.25. The van der Waals surface area contributed by atoms with Crippen molar-refractivity contribution >= 4 is 11.3 Å². The second kappa shape index (κ2) is 5.94. The molecule has 1 aliphatic carbocycles. The van der Waals surface area contributed by atoms with Gasteiger partial charge in [-0.25, -0.2) is 0 Å². The summed E-state index contributed by atoms with van der Waals surface area (Å²) in [5.74, 6) is 0.933. The van der Waals surface area contributed by atoms with E-state index >= 15 is 0 Å². The van der Waals surface area contributed by atoms with E-state index in [4.69, 9.17) is 5.73 Å². The molecule has 1 aliphatic heterocycles. The van der Waals surface area contributed by atoms with Gasteiger partial charge in [-0.05, 0) is 67.5 Å². The lowest BCUT2D eigenvalue weighted by Crippen LogP contribution is -2.52. The molecular formula is C16H26N2S. The largest absolute Gasteiger partial charge is 0.326 e. The van der Waals surface area contributed by atoms with Crippen LogP contribution in [0.15, 0.2) is 16.8 Å². The molecule has 0 amide bonds. The number of likely N-dealkylation sites (tertiary alicyclic amines) is 1. The first-order valence-electron chi connectivity index (χ1n) is 7.81. The van der Waals surface area contributed by atoms with Gasteiger partial charge in [-0.2, -0.15) is 11.3 Å². The molecule has 2 nitrogen and oxygen atoms in total. The summed E-state index contributed by atoms with van der Waals surface area (Å²) in [4.78, 5) is 2.75. The Morgan fingerprint density at radius 1 is 1.26 bits per heavy atom. The highest BCUT2D eigenvalue weighted by molar-refractivity contribution is 7.07. The number of nitrogens with zero attached hydrogens (tertiary/aromatic N) is 1. The third-order valence-corrected chi connectivity index (χ3v) is 5.73. The molecule has 0 aromatic carbocycles. The second-order valence-electron chi connectivity index (χ2n) is 6.35. The van der Waals surface area contributed by atoms with Gasteiger partial charge in [0.1, 0.15) is 0 Å². The molecule has 19 heavy (non-hydrogen) atoms. The number of hydrogen-bond donors (Lipinski definition) is 1. The Hall–Kier alpha value is -0.380. The molecule has 2 N–H and O–H groups in total. The number of piperidine rings is 1. The minimum atomic E-state index is 0.218. The van der Waals surface area contributed by atoms with Crippen molar-refractivity contribution in [3.05, 3.63) is 22.4 Å². The van der Waals surface area contributed by atoms with Crippen molar-refractivity contribution in [1.29, 1.82) is 0 Å². The van der Waals surface area contributed by atoms with Crippen LogP contribution in [0.1, 0.15) is 57.1 Å². The Morgan fingerprint density at radius 3 is 2.79 bits per heavy atom. The molecule has 0 spiro atoms. The lowest BCUT2D eigenvalue weighted by Gasteiger charge is -2.48. The van der Waals surface area contributed by atoms with Crippen LogP contribution < -0.4 is 5.73 Å². The van der Waals surface area contributed by atoms with E-state index in [2.05, 4.69) is 28.7 Å². The van der Waals surface area contributed by atoms with E-state index in [1.807, 2.05) is 0 Å². The van der Waals surface area contributed by atoms with Crippen LogP contribution >= 0.6 is 11.3 Å². The van der Waals surface area contributed by atoms with Gasteiger partial charge < -0.3 is 5.73 Å². The van der Waals surface area contributed by atoms with Gasteiger partial charge in [0, 0.05) is 12.1 Å². The summed E-state index contributed by atoms with van der Waals surface area (Å²) in [6.45, 7) is 3.41. The fourth-order valence-corrected chi connectivity index (χ4v) is 4.94. The summed E-state index contributed by atoms with van der Waals surface area (Å²) in [6, 6.07) is 3.70. The van der Waals surface area contributed by atoms with Crippen LogP contribution in [0.5, 0.6) is 0 Å². The summed E-state index contributed by atoms with van der Waals surface area (Å²) >= 11 is 1.80. The van der Waals surface area contributed by atoms with Gasteiger partial charge in [-0.1, -0.05) is 12.8 Å². The van der Waals surface area contributed by atoms with Gasteiger partial charge in [0.05, 0.1) is 6.04 Å². The van der Waals surface area contributed by atoms with E-state index in [1.54, 1.807) is 11.3 Å². The Labute approximate surface area is 121 Å². The monoisotopic (exact) mass is 278 g/mol. The molecule has 1 aromatic heterocycles. The maximum absolute atomic E-state index is 6.34. The van der Waals surface area contributed by atoms with Crippen LogP contribution in [0, 0.1) is 5.92 Å². The third-order valence-electron chi connectivity index (χ3n) is 5.03. The quantitative estimate of drug-likeness (QED) is 0.911. The molecule has 1 saturated heterocycles. The molecule has 2 aliphatic rings. The van der Waals surface area contributed by atoms with Crippen molar-refractivity contribution in [2.75, 3.05) is 6.54 Å². The van der Waals surface area contributed by atoms with E-state index < -0.39 is 0 Å². The van der Waals surface area contributed by atoms with Gasteiger partial charge in [0.2, 0.25) is 0 Å². The van der Waals surface area contributed by atoms with E-state index in [-0.39, 0.29) is 6.04 Å². The second-order valence-corrected chi connectivity index (χ2v) is 7.13. The minimum Gasteiger partial charge on any atom is -0.326 e. The fourth-order valence-electron chi connectivity index (χ4n) is 4.25. The Morgan fingerprint density at radius 2 is 2.05 bits per heavy atom. The summed E-state index contributed by atoms with van der Waals surface area (Å²) in [7, 11) is 0. The first-order chi connectivity index (χ1) is 9.27. The lowest BCUT2D eigenvalue weighted by atomic mass is 9.77. The number of rotatable bonds is 3. The van der Waals surface area contributed by atoms with E-state index in [9.17, 15) is 0 Å². The minimum absolute atomic E-state index is 0.218. The van der Waals surface area contributed by atoms with Crippen molar-refractivity contribution in [2.24, 2.45) is 11.7 Å². The summed E-state index contributed by atoms with van der Waals surface area (Å²) in [5.41, 5.74) is 7.78. The predicted octanol–water partition coefficient (Wildman–Crippen LogP) is 3.79. The molecule has 3 heteroatoms. The lowest BCUT2D eigenvalue weighted by molar-refractivity contribution is 0.0180. The van der Waals surface area contributed by atoms with E-state index in [0.717, 1.165) is 12.0 Å². The Balaban J connectivity index is 1.84. The van der Waals surface area contributed by atoms with Crippen molar-refractivity contribution in [3.8, 4) is 0 Å². The Bertz CT molecular complexity index is 385. The highest BCUT2D eigenvalue weighted by atomic mass is 32.1. The van der Waals surface area contributed by atoms with Crippen LogP contribution in [0.4, 0.5) is 0 Å². The first-order valence-corrected chi connectivity index (χ1v) is 8.75. The molecule has 3 rings (SSSR count). The van der Waals surface area contributed by atoms with E-state index in [1.165, 1.54) is 50.6 Å². The smallest absolute Gasteiger partial charge is 0.0507 e. The van der Waals surface area contributed by atoms with Crippen molar-refractivity contribution in [1.82, 2.24) is 4.90 Å². The van der Waals surface area contributed by atoms with Crippen LogP contribution in [0.25, 0.3) is 0 Å². The predicted molar refractivity (Wildman–Crippen MR) is 82.4 cm³/mol. The fraction of sp³-hybridized carbons (Fsp3) is 0.750. The molecule has 106 valence electrons. The highest BCUT2D eigenvalue weighted by Crippen LogP contribution is 2.40. The normalized spacial score (nSPS) is 31.7.